The number of nitrogens with one attached hydrogen (secondary N) is 1. The Morgan fingerprint density at radius 2 is 1.77 bits per heavy atom. The molecule has 0 bridgehead atoms. The molecule has 0 saturated heterocycles. The van der Waals surface area contributed by atoms with E-state index < -0.39 is 0 Å². The highest BCUT2D eigenvalue weighted by molar-refractivity contribution is 5.64. The van der Waals surface area contributed by atoms with Gasteiger partial charge in [0.25, 0.3) is 0 Å². The first-order chi connectivity index (χ1) is 12.5. The third-order valence-corrected chi connectivity index (χ3v) is 4.29. The molecule has 3 aromatic rings. The van der Waals surface area contributed by atoms with Gasteiger partial charge in [0, 0.05) is 11.8 Å². The van der Waals surface area contributed by atoms with E-state index in [4.69, 9.17) is 10.7 Å². The summed E-state index contributed by atoms with van der Waals surface area (Å²) < 4.78 is 0. The average molecular weight is 346 g/mol. The predicted octanol–water partition coefficient (Wildman–Crippen LogP) is 4.69. The third kappa shape index (κ3) is 4.46. The second-order valence-electron chi connectivity index (χ2n) is 7.45. The van der Waals surface area contributed by atoms with Crippen LogP contribution in [0.2, 0.25) is 0 Å². The van der Waals surface area contributed by atoms with Crippen molar-refractivity contribution in [1.82, 2.24) is 9.97 Å². The number of benzene rings is 1. The van der Waals surface area contributed by atoms with Crippen molar-refractivity contribution in [2.24, 2.45) is 5.73 Å². The zero-order valence-electron chi connectivity index (χ0n) is 15.7. The van der Waals surface area contributed by atoms with Crippen LogP contribution >= 0.6 is 0 Å². The Morgan fingerprint density at radius 3 is 2.54 bits per heavy atom. The van der Waals surface area contributed by atoms with Gasteiger partial charge in [-0.3, -0.25) is 0 Å². The maximum absolute atomic E-state index is 5.67. The monoisotopic (exact) mass is 346 g/mol. The number of hydrogen-bond acceptors (Lipinski definition) is 4. The molecule has 134 valence electrons. The van der Waals surface area contributed by atoms with Gasteiger partial charge in [0.05, 0.1) is 5.69 Å². The van der Waals surface area contributed by atoms with Gasteiger partial charge in [-0.1, -0.05) is 45.0 Å². The number of anilines is 2. The zero-order chi connectivity index (χ0) is 18.6. The molecule has 0 unspecified atom stereocenters. The quantitative estimate of drug-likeness (QED) is 0.704. The first-order valence-electron chi connectivity index (χ1n) is 8.96. The molecule has 0 aliphatic rings. The molecule has 0 aliphatic heterocycles. The summed E-state index contributed by atoms with van der Waals surface area (Å²) in [4.78, 5) is 9.17. The summed E-state index contributed by atoms with van der Waals surface area (Å²) in [5, 5.41) is 3.32. The van der Waals surface area contributed by atoms with Crippen molar-refractivity contribution in [2.75, 3.05) is 11.9 Å². The van der Waals surface area contributed by atoms with Gasteiger partial charge in [-0.25, -0.2) is 9.97 Å². The number of aromatic nitrogens is 2. The number of rotatable bonds is 5. The van der Waals surface area contributed by atoms with Crippen molar-refractivity contribution < 1.29 is 0 Å². The molecule has 0 amide bonds. The van der Waals surface area contributed by atoms with Gasteiger partial charge in [-0.2, -0.15) is 0 Å². The Hall–Kier alpha value is -2.72. The summed E-state index contributed by atoms with van der Waals surface area (Å²) in [6, 6.07) is 18.5. The minimum atomic E-state index is 0.0814. The molecular weight excluding hydrogens is 320 g/mol. The average Bonchev–Trinajstić information content (AvgIpc) is 2.62. The lowest BCUT2D eigenvalue weighted by molar-refractivity contribution is 0.589. The van der Waals surface area contributed by atoms with Crippen LogP contribution in [-0.2, 0) is 11.8 Å². The molecule has 4 nitrogen and oxygen atoms in total. The summed E-state index contributed by atoms with van der Waals surface area (Å²) in [6.07, 6.45) is 2.71. The number of pyridine rings is 2. The Kier molecular flexibility index (Phi) is 5.33. The van der Waals surface area contributed by atoms with E-state index in [1.165, 1.54) is 11.1 Å². The van der Waals surface area contributed by atoms with Crippen molar-refractivity contribution >= 4 is 11.6 Å². The van der Waals surface area contributed by atoms with Crippen molar-refractivity contribution in [2.45, 2.75) is 32.6 Å². The van der Waals surface area contributed by atoms with Crippen LogP contribution in [0.5, 0.6) is 0 Å². The lowest BCUT2D eigenvalue weighted by atomic mass is 9.88. The molecule has 1 aromatic carbocycles. The standard InChI is InChI=1S/C22H26N4/c1-22(2,3)18-11-13-24-21(15-18)26-20-9-5-8-19(25-20)17-7-4-6-16(14-17)10-12-23/h4-9,11,13-15H,10,12,23H2,1-3H3,(H,24,25,26). The zero-order valence-corrected chi connectivity index (χ0v) is 15.7. The molecule has 26 heavy (non-hydrogen) atoms. The van der Waals surface area contributed by atoms with Crippen LogP contribution in [0.15, 0.2) is 60.8 Å². The van der Waals surface area contributed by atoms with E-state index in [1.807, 2.05) is 24.4 Å². The maximum Gasteiger partial charge on any atom is 0.132 e. The van der Waals surface area contributed by atoms with E-state index >= 15 is 0 Å². The first kappa shape index (κ1) is 18.1. The maximum atomic E-state index is 5.67. The number of nitrogens with two attached hydrogens (primary N) is 1. The Morgan fingerprint density at radius 1 is 0.962 bits per heavy atom. The topological polar surface area (TPSA) is 63.8 Å². The van der Waals surface area contributed by atoms with E-state index in [2.05, 4.69) is 67.5 Å². The molecule has 0 radical (unpaired) electrons. The fourth-order valence-corrected chi connectivity index (χ4v) is 2.81. The summed E-state index contributed by atoms with van der Waals surface area (Å²) >= 11 is 0. The molecule has 0 aliphatic carbocycles. The van der Waals surface area contributed by atoms with Gasteiger partial charge < -0.3 is 11.1 Å². The first-order valence-corrected chi connectivity index (χ1v) is 8.96. The third-order valence-electron chi connectivity index (χ3n) is 4.29. The molecular formula is C22H26N4. The van der Waals surface area contributed by atoms with Gasteiger partial charge in [-0.05, 0) is 59.8 Å². The van der Waals surface area contributed by atoms with Crippen LogP contribution < -0.4 is 11.1 Å². The second-order valence-corrected chi connectivity index (χ2v) is 7.45. The van der Waals surface area contributed by atoms with Gasteiger partial charge >= 0.3 is 0 Å². The highest BCUT2D eigenvalue weighted by Crippen LogP contribution is 2.25. The van der Waals surface area contributed by atoms with Crippen LogP contribution in [0, 0.1) is 0 Å². The van der Waals surface area contributed by atoms with Gasteiger partial charge in [0.15, 0.2) is 0 Å². The summed E-state index contributed by atoms with van der Waals surface area (Å²) in [5.74, 6) is 1.59. The van der Waals surface area contributed by atoms with Crippen LogP contribution in [0.4, 0.5) is 11.6 Å². The van der Waals surface area contributed by atoms with E-state index in [1.54, 1.807) is 0 Å². The highest BCUT2D eigenvalue weighted by atomic mass is 15.1. The van der Waals surface area contributed by atoms with Gasteiger partial charge in [0.1, 0.15) is 11.6 Å². The van der Waals surface area contributed by atoms with Crippen LogP contribution in [-0.4, -0.2) is 16.5 Å². The lowest BCUT2D eigenvalue weighted by Gasteiger charge is -2.19. The van der Waals surface area contributed by atoms with E-state index in [0.29, 0.717) is 6.54 Å². The molecule has 2 heterocycles. The van der Waals surface area contributed by atoms with Crippen LogP contribution in [0.1, 0.15) is 31.9 Å². The Bertz CT molecular complexity index is 881. The number of nitrogens with zero attached hydrogens (tertiary/aromatic N) is 2. The minimum Gasteiger partial charge on any atom is -0.330 e. The van der Waals surface area contributed by atoms with Crippen molar-refractivity contribution in [1.29, 1.82) is 0 Å². The van der Waals surface area contributed by atoms with E-state index in [0.717, 1.165) is 29.3 Å². The SMILES string of the molecule is CC(C)(C)c1ccnc(Nc2cccc(-c3cccc(CCN)c3)n2)c1. The Balaban J connectivity index is 1.85. The molecule has 4 heteroatoms. The second kappa shape index (κ2) is 7.67. The van der Waals surface area contributed by atoms with E-state index in [9.17, 15) is 0 Å². The molecule has 2 aromatic heterocycles. The summed E-state index contributed by atoms with van der Waals surface area (Å²) in [5.41, 5.74) is 10.2. The molecule has 0 atom stereocenters. The smallest absolute Gasteiger partial charge is 0.132 e. The van der Waals surface area contributed by atoms with Gasteiger partial charge in [-0.15, -0.1) is 0 Å². The van der Waals surface area contributed by atoms with Crippen molar-refractivity contribution in [3.05, 3.63) is 71.9 Å². The fourth-order valence-electron chi connectivity index (χ4n) is 2.81. The van der Waals surface area contributed by atoms with Crippen LogP contribution in [0.25, 0.3) is 11.3 Å². The fraction of sp³-hybridized carbons (Fsp3) is 0.273. The molecule has 0 spiro atoms. The predicted molar refractivity (Wildman–Crippen MR) is 109 cm³/mol. The van der Waals surface area contributed by atoms with E-state index in [-0.39, 0.29) is 5.41 Å². The summed E-state index contributed by atoms with van der Waals surface area (Å²) in [6.45, 7) is 7.23. The van der Waals surface area contributed by atoms with Gasteiger partial charge in [0.2, 0.25) is 0 Å². The molecule has 3 rings (SSSR count). The largest absolute Gasteiger partial charge is 0.330 e. The minimum absolute atomic E-state index is 0.0814. The lowest BCUT2D eigenvalue weighted by Crippen LogP contribution is -2.11. The Labute approximate surface area is 155 Å². The number of hydrogen-bond donors (Lipinski definition) is 2. The normalized spacial score (nSPS) is 11.4. The molecule has 0 saturated carbocycles. The van der Waals surface area contributed by atoms with Crippen LogP contribution in [0.3, 0.4) is 0 Å². The van der Waals surface area contributed by atoms with Crippen molar-refractivity contribution in [3.8, 4) is 11.3 Å². The van der Waals surface area contributed by atoms with Crippen molar-refractivity contribution in [3.63, 3.8) is 0 Å². The molecule has 3 N–H and O–H groups in total. The summed E-state index contributed by atoms with van der Waals surface area (Å²) in [7, 11) is 0. The molecule has 0 fully saturated rings. The highest BCUT2D eigenvalue weighted by Gasteiger charge is 2.14.